The maximum absolute atomic E-state index is 13.8. The van der Waals surface area contributed by atoms with Gasteiger partial charge < -0.3 is 10.2 Å². The Morgan fingerprint density at radius 3 is 2.26 bits per heavy atom. The Balaban J connectivity index is 1.94. The molecule has 1 unspecified atom stereocenters. The predicted octanol–water partition coefficient (Wildman–Crippen LogP) is 3.92. The fraction of sp³-hybridized carbons (Fsp3) is 0.500. The summed E-state index contributed by atoms with van der Waals surface area (Å²) in [5.74, 6) is -1.24. The lowest BCUT2D eigenvalue weighted by atomic mass is 9.95. The van der Waals surface area contributed by atoms with Gasteiger partial charge in [-0.1, -0.05) is 43.5 Å². The summed E-state index contributed by atoms with van der Waals surface area (Å²) in [7, 11) is -1.22. The number of amides is 2. The standard InChI is InChI=1S/C28H39FN4O4S/c1-20-11-12-21(2)26(17-20)33(38(36,37)31(4)5)19-27(34)32(18-23-13-15-24(29)16-14-23)22(3)28(35)30-25-9-7-6-8-10-25/h11-17,22,25H,6-10,18-19H2,1-5H3,(H,30,35). The molecule has 2 aromatic carbocycles. The maximum atomic E-state index is 13.8. The number of nitrogens with zero attached hydrogens (tertiary/aromatic N) is 3. The van der Waals surface area contributed by atoms with Crippen molar-refractivity contribution in [2.45, 2.75) is 71.5 Å². The topological polar surface area (TPSA) is 90.0 Å². The van der Waals surface area contributed by atoms with E-state index < -0.39 is 34.5 Å². The molecule has 3 rings (SSSR count). The van der Waals surface area contributed by atoms with Crippen molar-refractivity contribution in [1.82, 2.24) is 14.5 Å². The summed E-state index contributed by atoms with van der Waals surface area (Å²) in [6.45, 7) is 4.81. The fourth-order valence-electron chi connectivity index (χ4n) is 4.63. The minimum Gasteiger partial charge on any atom is -0.352 e. The number of hydrogen-bond acceptors (Lipinski definition) is 4. The molecule has 1 fully saturated rings. The largest absolute Gasteiger partial charge is 0.352 e. The van der Waals surface area contributed by atoms with Gasteiger partial charge in [-0.25, -0.2) is 8.70 Å². The number of carbonyl (C=O) groups is 2. The van der Waals surface area contributed by atoms with Crippen LogP contribution >= 0.6 is 0 Å². The van der Waals surface area contributed by atoms with Gasteiger partial charge in [0.2, 0.25) is 11.8 Å². The van der Waals surface area contributed by atoms with Crippen LogP contribution in [-0.4, -0.2) is 62.2 Å². The number of benzene rings is 2. The molecule has 1 saturated carbocycles. The Kier molecular flexibility index (Phi) is 9.89. The van der Waals surface area contributed by atoms with Gasteiger partial charge in [-0.15, -0.1) is 0 Å². The fourth-order valence-corrected chi connectivity index (χ4v) is 5.74. The van der Waals surface area contributed by atoms with E-state index in [0.717, 1.165) is 46.3 Å². The number of rotatable bonds is 10. The summed E-state index contributed by atoms with van der Waals surface area (Å²) in [6.07, 6.45) is 5.03. The Labute approximate surface area is 226 Å². The summed E-state index contributed by atoms with van der Waals surface area (Å²) in [6, 6.07) is 10.3. The Bertz CT molecular complexity index is 1230. The average Bonchev–Trinajstić information content (AvgIpc) is 2.88. The smallest absolute Gasteiger partial charge is 0.304 e. The second-order valence-corrected chi connectivity index (χ2v) is 12.3. The van der Waals surface area contributed by atoms with Crippen molar-refractivity contribution >= 4 is 27.7 Å². The third-order valence-electron chi connectivity index (χ3n) is 7.04. The van der Waals surface area contributed by atoms with Gasteiger partial charge >= 0.3 is 10.2 Å². The summed E-state index contributed by atoms with van der Waals surface area (Å²) < 4.78 is 42.4. The zero-order valence-corrected chi connectivity index (χ0v) is 23.7. The number of aryl methyl sites for hydroxylation is 2. The van der Waals surface area contributed by atoms with Crippen LogP contribution in [-0.2, 0) is 26.3 Å². The summed E-state index contributed by atoms with van der Waals surface area (Å²) in [5, 5.41) is 3.07. The van der Waals surface area contributed by atoms with Crippen molar-refractivity contribution < 1.29 is 22.4 Å². The van der Waals surface area contributed by atoms with E-state index in [9.17, 15) is 22.4 Å². The minimum absolute atomic E-state index is 0.0288. The van der Waals surface area contributed by atoms with Crippen molar-refractivity contribution in [1.29, 1.82) is 0 Å². The minimum atomic E-state index is -4.04. The molecule has 2 amide bonds. The van der Waals surface area contributed by atoms with Gasteiger partial charge in [-0.3, -0.25) is 9.59 Å². The van der Waals surface area contributed by atoms with Gasteiger partial charge in [-0.05, 0) is 68.5 Å². The molecule has 0 bridgehead atoms. The number of anilines is 1. The van der Waals surface area contributed by atoms with E-state index in [4.69, 9.17) is 0 Å². The lowest BCUT2D eigenvalue weighted by Gasteiger charge is -2.34. The van der Waals surface area contributed by atoms with Gasteiger partial charge in [0.05, 0.1) is 5.69 Å². The second kappa shape index (κ2) is 12.7. The SMILES string of the molecule is Cc1ccc(C)c(N(CC(=O)N(Cc2ccc(F)cc2)C(C)C(=O)NC2CCCCC2)S(=O)(=O)N(C)C)c1. The zero-order chi connectivity index (χ0) is 28.0. The third kappa shape index (κ3) is 7.32. The van der Waals surface area contributed by atoms with Gasteiger partial charge in [-0.2, -0.15) is 12.7 Å². The Hall–Kier alpha value is -2.98. The molecule has 10 heteroatoms. The third-order valence-corrected chi connectivity index (χ3v) is 8.84. The number of carbonyl (C=O) groups excluding carboxylic acids is 2. The van der Waals surface area contributed by atoms with Crippen molar-refractivity contribution in [2.75, 3.05) is 24.9 Å². The lowest BCUT2D eigenvalue weighted by molar-refractivity contribution is -0.139. The number of nitrogens with one attached hydrogen (secondary N) is 1. The molecule has 0 heterocycles. The molecular formula is C28H39FN4O4S. The van der Waals surface area contributed by atoms with Crippen LogP contribution in [0.4, 0.5) is 10.1 Å². The molecule has 208 valence electrons. The highest BCUT2D eigenvalue weighted by atomic mass is 32.2. The van der Waals surface area contributed by atoms with Crippen LogP contribution in [0.2, 0.25) is 0 Å². The average molecular weight is 547 g/mol. The molecule has 8 nitrogen and oxygen atoms in total. The molecule has 0 aliphatic heterocycles. The lowest BCUT2D eigenvalue weighted by Crippen LogP contribution is -2.53. The molecule has 2 aromatic rings. The summed E-state index contributed by atoms with van der Waals surface area (Å²) >= 11 is 0. The molecule has 1 atom stereocenters. The van der Waals surface area contributed by atoms with E-state index in [1.807, 2.05) is 19.1 Å². The van der Waals surface area contributed by atoms with E-state index in [1.54, 1.807) is 32.0 Å². The van der Waals surface area contributed by atoms with Crippen LogP contribution in [0.3, 0.4) is 0 Å². The predicted molar refractivity (Wildman–Crippen MR) is 147 cm³/mol. The highest BCUT2D eigenvalue weighted by Gasteiger charge is 2.34. The van der Waals surface area contributed by atoms with E-state index in [2.05, 4.69) is 5.32 Å². The molecule has 0 radical (unpaired) electrons. The molecular weight excluding hydrogens is 507 g/mol. The molecule has 1 aliphatic rings. The molecule has 1 aliphatic carbocycles. The van der Waals surface area contributed by atoms with Crippen LogP contribution < -0.4 is 9.62 Å². The van der Waals surface area contributed by atoms with Crippen molar-refractivity contribution in [2.24, 2.45) is 0 Å². The van der Waals surface area contributed by atoms with Gasteiger partial charge in [0.1, 0.15) is 18.4 Å². The van der Waals surface area contributed by atoms with Gasteiger partial charge in [0.25, 0.3) is 0 Å². The van der Waals surface area contributed by atoms with Gasteiger partial charge in [0.15, 0.2) is 0 Å². The first-order chi connectivity index (χ1) is 17.9. The molecule has 38 heavy (non-hydrogen) atoms. The molecule has 0 spiro atoms. The Morgan fingerprint density at radius 2 is 1.66 bits per heavy atom. The second-order valence-electron chi connectivity index (χ2n) is 10.3. The van der Waals surface area contributed by atoms with Crippen molar-refractivity contribution in [3.05, 3.63) is 65.0 Å². The van der Waals surface area contributed by atoms with Crippen LogP contribution in [0.15, 0.2) is 42.5 Å². The van der Waals surface area contributed by atoms with Crippen molar-refractivity contribution in [3.63, 3.8) is 0 Å². The zero-order valence-electron chi connectivity index (χ0n) is 22.9. The first kappa shape index (κ1) is 29.6. The van der Waals surface area contributed by atoms with E-state index >= 15 is 0 Å². The van der Waals surface area contributed by atoms with E-state index in [1.165, 1.54) is 31.1 Å². The first-order valence-electron chi connectivity index (χ1n) is 13.0. The maximum Gasteiger partial charge on any atom is 0.304 e. The van der Waals surface area contributed by atoms with E-state index in [-0.39, 0.29) is 18.5 Å². The highest BCUT2D eigenvalue weighted by Crippen LogP contribution is 2.26. The summed E-state index contributed by atoms with van der Waals surface area (Å²) in [4.78, 5) is 28.5. The normalized spacial score (nSPS) is 15.2. The number of halogens is 1. The first-order valence-corrected chi connectivity index (χ1v) is 14.4. The van der Waals surface area contributed by atoms with Crippen LogP contribution in [0, 0.1) is 19.7 Å². The summed E-state index contributed by atoms with van der Waals surface area (Å²) in [5.41, 5.74) is 2.57. The number of hydrogen-bond donors (Lipinski definition) is 1. The van der Waals surface area contributed by atoms with Gasteiger partial charge in [0, 0.05) is 26.7 Å². The van der Waals surface area contributed by atoms with E-state index in [0.29, 0.717) is 16.8 Å². The van der Waals surface area contributed by atoms with Crippen LogP contribution in [0.25, 0.3) is 0 Å². The monoisotopic (exact) mass is 546 g/mol. The Morgan fingerprint density at radius 1 is 1.03 bits per heavy atom. The molecule has 1 N–H and O–H groups in total. The quantitative estimate of drug-likeness (QED) is 0.489. The van der Waals surface area contributed by atoms with Crippen LogP contribution in [0.1, 0.15) is 55.7 Å². The highest BCUT2D eigenvalue weighted by molar-refractivity contribution is 7.90. The van der Waals surface area contributed by atoms with Crippen molar-refractivity contribution in [3.8, 4) is 0 Å². The molecule has 0 aromatic heterocycles. The molecule has 0 saturated heterocycles. The van der Waals surface area contributed by atoms with Crippen LogP contribution in [0.5, 0.6) is 0 Å².